The molecule has 4 nitrogen and oxygen atoms in total. The highest BCUT2D eigenvalue weighted by atomic mass is 35.7. The molecule has 0 spiro atoms. The molecule has 1 atom stereocenters. The van der Waals surface area contributed by atoms with E-state index in [2.05, 4.69) is 0 Å². The molecule has 13 heavy (non-hydrogen) atoms. The van der Waals surface area contributed by atoms with Crippen molar-refractivity contribution in [1.29, 1.82) is 0 Å². The Morgan fingerprint density at radius 2 is 1.77 bits per heavy atom. The summed E-state index contributed by atoms with van der Waals surface area (Å²) >= 11 is 0. The average Bonchev–Trinajstić information content (AvgIpc) is 2.08. The Morgan fingerprint density at radius 1 is 1.15 bits per heavy atom. The van der Waals surface area contributed by atoms with Crippen LogP contribution in [-0.2, 0) is 18.9 Å². The molecular formula is C6H11ClO4S2. The monoisotopic (exact) mass is 246 g/mol. The first-order valence-electron chi connectivity index (χ1n) is 3.95. The Kier molecular flexibility index (Phi) is 3.24. The van der Waals surface area contributed by atoms with Crippen molar-refractivity contribution in [1.82, 2.24) is 0 Å². The summed E-state index contributed by atoms with van der Waals surface area (Å²) in [6, 6.07) is 0. The molecule has 0 radical (unpaired) electrons. The van der Waals surface area contributed by atoms with Gasteiger partial charge < -0.3 is 0 Å². The highest BCUT2D eigenvalue weighted by Crippen LogP contribution is 2.21. The number of sulfone groups is 1. The second-order valence-electron chi connectivity index (χ2n) is 3.18. The summed E-state index contributed by atoms with van der Waals surface area (Å²) in [6.45, 7) is 0. The van der Waals surface area contributed by atoms with Crippen LogP contribution in [0.1, 0.15) is 19.3 Å². The lowest BCUT2D eigenvalue weighted by atomic mass is 10.2. The van der Waals surface area contributed by atoms with E-state index in [9.17, 15) is 16.8 Å². The van der Waals surface area contributed by atoms with Gasteiger partial charge in [0.15, 0.2) is 0 Å². The third-order valence-corrected chi connectivity index (χ3v) is 5.92. The molecule has 0 bridgehead atoms. The van der Waals surface area contributed by atoms with Crippen molar-refractivity contribution >= 4 is 29.6 Å². The van der Waals surface area contributed by atoms with Gasteiger partial charge in [-0.05, 0) is 19.3 Å². The van der Waals surface area contributed by atoms with Crippen molar-refractivity contribution in [3.05, 3.63) is 0 Å². The number of hydrogen-bond donors (Lipinski definition) is 0. The molecule has 1 unspecified atom stereocenters. The summed E-state index contributed by atoms with van der Waals surface area (Å²) in [5.41, 5.74) is 0. The summed E-state index contributed by atoms with van der Waals surface area (Å²) in [6.07, 6.45) is 0.873. The second kappa shape index (κ2) is 3.74. The first-order valence-corrected chi connectivity index (χ1v) is 8.14. The van der Waals surface area contributed by atoms with E-state index >= 15 is 0 Å². The van der Waals surface area contributed by atoms with Crippen molar-refractivity contribution in [2.24, 2.45) is 0 Å². The van der Waals surface area contributed by atoms with Crippen LogP contribution in [0, 0.1) is 0 Å². The molecule has 0 aliphatic carbocycles. The molecule has 7 heteroatoms. The maximum Gasteiger partial charge on any atom is 0.235 e. The summed E-state index contributed by atoms with van der Waals surface area (Å²) in [7, 11) is -1.47. The van der Waals surface area contributed by atoms with E-state index < -0.39 is 24.1 Å². The fraction of sp³-hybridized carbons (Fsp3) is 1.00. The Balaban J connectivity index is 2.77. The van der Waals surface area contributed by atoms with Gasteiger partial charge in [0.25, 0.3) is 0 Å². The maximum absolute atomic E-state index is 11.1. The van der Waals surface area contributed by atoms with Gasteiger partial charge in [-0.15, -0.1) is 0 Å². The predicted molar refractivity (Wildman–Crippen MR) is 51.1 cm³/mol. The molecule has 0 aromatic heterocycles. The van der Waals surface area contributed by atoms with Gasteiger partial charge in [-0.2, -0.15) is 0 Å². The SMILES string of the molecule is O=S1(=O)CCCC(S(=O)(=O)Cl)CC1. The molecule has 0 aromatic carbocycles. The van der Waals surface area contributed by atoms with E-state index in [0.717, 1.165) is 0 Å². The van der Waals surface area contributed by atoms with Crippen LogP contribution in [0.15, 0.2) is 0 Å². The molecule has 1 saturated heterocycles. The van der Waals surface area contributed by atoms with E-state index in [0.29, 0.717) is 12.8 Å². The molecule has 1 aliphatic rings. The zero-order valence-corrected chi connectivity index (χ0v) is 9.33. The molecule has 1 aliphatic heterocycles. The molecule has 78 valence electrons. The zero-order chi connectivity index (χ0) is 10.1. The lowest BCUT2D eigenvalue weighted by Gasteiger charge is -2.07. The minimum Gasteiger partial charge on any atom is -0.229 e. The lowest BCUT2D eigenvalue weighted by Crippen LogP contribution is -2.17. The molecule has 0 amide bonds. The molecule has 0 aromatic rings. The molecule has 1 rings (SSSR count). The molecule has 0 saturated carbocycles. The van der Waals surface area contributed by atoms with E-state index in [4.69, 9.17) is 10.7 Å². The van der Waals surface area contributed by atoms with Gasteiger partial charge in [-0.1, -0.05) is 0 Å². The first kappa shape index (κ1) is 11.3. The van der Waals surface area contributed by atoms with Crippen LogP contribution in [0.4, 0.5) is 0 Å². The van der Waals surface area contributed by atoms with Crippen LogP contribution >= 0.6 is 10.7 Å². The second-order valence-corrected chi connectivity index (χ2v) is 8.39. The van der Waals surface area contributed by atoms with Crippen LogP contribution in [0.25, 0.3) is 0 Å². The van der Waals surface area contributed by atoms with Gasteiger partial charge in [0.2, 0.25) is 9.05 Å². The third kappa shape index (κ3) is 3.44. The molecular weight excluding hydrogens is 236 g/mol. The van der Waals surface area contributed by atoms with E-state index in [-0.39, 0.29) is 17.9 Å². The van der Waals surface area contributed by atoms with Gasteiger partial charge in [-0.25, -0.2) is 16.8 Å². The first-order chi connectivity index (χ1) is 5.81. The van der Waals surface area contributed by atoms with Gasteiger partial charge in [-0.3, -0.25) is 0 Å². The number of halogens is 1. The molecule has 0 N–H and O–H groups in total. The van der Waals surface area contributed by atoms with Gasteiger partial charge in [0.1, 0.15) is 9.84 Å². The van der Waals surface area contributed by atoms with Gasteiger partial charge in [0, 0.05) is 10.7 Å². The Morgan fingerprint density at radius 3 is 2.31 bits per heavy atom. The van der Waals surface area contributed by atoms with Crippen LogP contribution in [-0.4, -0.2) is 33.6 Å². The lowest BCUT2D eigenvalue weighted by molar-refractivity contribution is 0.581. The predicted octanol–water partition coefficient (Wildman–Crippen LogP) is 0.522. The Bertz CT molecular complexity index is 369. The van der Waals surface area contributed by atoms with Crippen molar-refractivity contribution < 1.29 is 16.8 Å². The quantitative estimate of drug-likeness (QED) is 0.633. The van der Waals surface area contributed by atoms with E-state index in [1.165, 1.54) is 0 Å². The van der Waals surface area contributed by atoms with Crippen LogP contribution in [0.5, 0.6) is 0 Å². The highest BCUT2D eigenvalue weighted by molar-refractivity contribution is 8.14. The molecule has 1 fully saturated rings. The normalized spacial score (nSPS) is 29.5. The van der Waals surface area contributed by atoms with Gasteiger partial charge >= 0.3 is 0 Å². The number of hydrogen-bond acceptors (Lipinski definition) is 4. The standard InChI is InChI=1S/C6H11ClO4S2/c7-13(10,11)6-2-1-4-12(8,9)5-3-6/h6H,1-5H2. The third-order valence-electron chi connectivity index (χ3n) is 2.13. The maximum atomic E-state index is 11.1. The van der Waals surface area contributed by atoms with Crippen molar-refractivity contribution in [2.75, 3.05) is 11.5 Å². The minimum absolute atomic E-state index is 0.0659. The largest absolute Gasteiger partial charge is 0.235 e. The van der Waals surface area contributed by atoms with Crippen LogP contribution in [0.2, 0.25) is 0 Å². The van der Waals surface area contributed by atoms with Crippen molar-refractivity contribution in [3.8, 4) is 0 Å². The minimum atomic E-state index is -3.59. The number of rotatable bonds is 1. The highest BCUT2D eigenvalue weighted by Gasteiger charge is 2.28. The zero-order valence-electron chi connectivity index (χ0n) is 6.94. The smallest absolute Gasteiger partial charge is 0.229 e. The van der Waals surface area contributed by atoms with Gasteiger partial charge in [0.05, 0.1) is 16.8 Å². The van der Waals surface area contributed by atoms with E-state index in [1.54, 1.807) is 0 Å². The Labute approximate surface area is 82.6 Å². The van der Waals surface area contributed by atoms with Crippen molar-refractivity contribution in [3.63, 3.8) is 0 Å². The van der Waals surface area contributed by atoms with Crippen LogP contribution < -0.4 is 0 Å². The summed E-state index contributed by atoms with van der Waals surface area (Å²) < 4.78 is 44.1. The fourth-order valence-corrected chi connectivity index (χ4v) is 4.36. The summed E-state index contributed by atoms with van der Waals surface area (Å²) in [5, 5.41) is -0.688. The molecule has 1 heterocycles. The van der Waals surface area contributed by atoms with E-state index in [1.807, 2.05) is 0 Å². The average molecular weight is 247 g/mol. The summed E-state index contributed by atoms with van der Waals surface area (Å²) in [4.78, 5) is 0. The fourth-order valence-electron chi connectivity index (χ4n) is 1.37. The van der Waals surface area contributed by atoms with Crippen LogP contribution in [0.3, 0.4) is 0 Å². The Hall–Kier alpha value is 0.190. The summed E-state index contributed by atoms with van der Waals surface area (Å²) in [5.74, 6) is 0.0134. The van der Waals surface area contributed by atoms with Crippen molar-refractivity contribution in [2.45, 2.75) is 24.5 Å². The topological polar surface area (TPSA) is 68.3 Å².